The van der Waals surface area contributed by atoms with Crippen molar-refractivity contribution in [1.29, 1.82) is 0 Å². The highest BCUT2D eigenvalue weighted by Gasteiger charge is 2.59. The summed E-state index contributed by atoms with van der Waals surface area (Å²) in [5.41, 5.74) is 0.405. The van der Waals surface area contributed by atoms with Crippen LogP contribution in [0.2, 0.25) is 0 Å². The number of halogens is 1. The van der Waals surface area contributed by atoms with Crippen LogP contribution in [0, 0.1) is 5.41 Å². The van der Waals surface area contributed by atoms with Crippen LogP contribution >= 0.6 is 0 Å². The minimum atomic E-state index is -1.28. The first kappa shape index (κ1) is 18.6. The third kappa shape index (κ3) is 3.38. The van der Waals surface area contributed by atoms with E-state index < -0.39 is 28.0 Å². The van der Waals surface area contributed by atoms with E-state index in [-0.39, 0.29) is 31.9 Å². The monoisotopic (exact) mass is 361 g/mol. The van der Waals surface area contributed by atoms with Crippen LogP contribution in [0.4, 0.5) is 9.18 Å². The van der Waals surface area contributed by atoms with E-state index in [2.05, 4.69) is 0 Å². The molecule has 26 heavy (non-hydrogen) atoms. The second-order valence-corrected chi connectivity index (χ2v) is 7.43. The Morgan fingerprint density at radius 3 is 2.65 bits per heavy atom. The Kier molecular flexibility index (Phi) is 5.14. The number of ether oxygens (including phenoxy) is 1. The van der Waals surface area contributed by atoms with E-state index in [1.807, 2.05) is 30.3 Å². The SMILES string of the molecule is CCOC(=O)[C@@H]1CC2(CC=C(F)CC2)C[N+]1(Cc1ccccc1)C(=O)[O-]. The standard InChI is InChI=1S/C20H24FNO4/c1-2-26-18(23)17-12-20(10-8-16(21)9-11-20)14-22(17,19(24)25)13-15-6-4-3-5-7-15/h3-8,17H,2,9-14H2,1H3/t17-,20?,22?/m0/s1. The average Bonchev–Trinajstić information content (AvgIpc) is 2.95. The molecule has 1 saturated heterocycles. The van der Waals surface area contributed by atoms with Gasteiger partial charge < -0.3 is 14.6 Å². The molecular formula is C20H24FNO4. The number of rotatable bonds is 4. The zero-order valence-electron chi connectivity index (χ0n) is 14.9. The number of hydrogen-bond donors (Lipinski definition) is 0. The second-order valence-electron chi connectivity index (χ2n) is 7.43. The number of esters is 1. The van der Waals surface area contributed by atoms with Gasteiger partial charge in [0.25, 0.3) is 6.09 Å². The highest BCUT2D eigenvalue weighted by Crippen LogP contribution is 2.50. The fourth-order valence-corrected chi connectivity index (χ4v) is 4.46. The Hall–Kier alpha value is -2.21. The Balaban J connectivity index is 2.00. The van der Waals surface area contributed by atoms with Crippen molar-refractivity contribution in [3.63, 3.8) is 0 Å². The molecular weight excluding hydrogens is 337 g/mol. The molecule has 140 valence electrons. The van der Waals surface area contributed by atoms with Crippen molar-refractivity contribution in [3.05, 3.63) is 47.8 Å². The number of quaternary nitrogens is 1. The first-order valence-corrected chi connectivity index (χ1v) is 9.04. The molecule has 3 rings (SSSR count). The molecule has 2 unspecified atom stereocenters. The molecule has 0 saturated carbocycles. The molecule has 1 aromatic carbocycles. The summed E-state index contributed by atoms with van der Waals surface area (Å²) in [4.78, 5) is 24.9. The molecule has 0 radical (unpaired) electrons. The molecule has 0 N–H and O–H groups in total. The van der Waals surface area contributed by atoms with Crippen molar-refractivity contribution in [2.45, 2.75) is 45.2 Å². The van der Waals surface area contributed by atoms with Gasteiger partial charge in [-0.3, -0.25) is 4.48 Å². The van der Waals surface area contributed by atoms with Crippen molar-refractivity contribution in [3.8, 4) is 0 Å². The fraction of sp³-hybridized carbons (Fsp3) is 0.500. The lowest BCUT2D eigenvalue weighted by atomic mass is 9.75. The van der Waals surface area contributed by atoms with Crippen molar-refractivity contribution in [1.82, 2.24) is 0 Å². The summed E-state index contributed by atoms with van der Waals surface area (Å²) in [5.74, 6) is -0.677. The van der Waals surface area contributed by atoms with Gasteiger partial charge in [0.2, 0.25) is 0 Å². The first-order chi connectivity index (χ1) is 12.4. The summed E-state index contributed by atoms with van der Waals surface area (Å²) in [6, 6.07) is 8.38. The number of hydrogen-bond acceptors (Lipinski definition) is 4. The predicted octanol–water partition coefficient (Wildman–Crippen LogP) is 2.71. The van der Waals surface area contributed by atoms with Crippen LogP contribution < -0.4 is 5.11 Å². The topological polar surface area (TPSA) is 66.4 Å². The molecule has 0 bridgehead atoms. The number of allylic oxidation sites excluding steroid dienone is 2. The third-order valence-electron chi connectivity index (χ3n) is 5.72. The van der Waals surface area contributed by atoms with E-state index >= 15 is 0 Å². The maximum Gasteiger partial charge on any atom is 0.365 e. The lowest BCUT2D eigenvalue weighted by Crippen LogP contribution is -2.63. The van der Waals surface area contributed by atoms with Gasteiger partial charge in [-0.25, -0.2) is 9.18 Å². The number of amides is 1. The Morgan fingerprint density at radius 1 is 1.35 bits per heavy atom. The van der Waals surface area contributed by atoms with Gasteiger partial charge in [0.05, 0.1) is 19.0 Å². The number of likely N-dealkylation sites (tertiary alicyclic amines) is 1. The molecule has 1 aliphatic heterocycles. The van der Waals surface area contributed by atoms with Gasteiger partial charge in [-0.15, -0.1) is 0 Å². The normalized spacial score (nSPS) is 30.8. The van der Waals surface area contributed by atoms with E-state index in [9.17, 15) is 19.1 Å². The molecule has 1 aliphatic carbocycles. The number of benzene rings is 1. The van der Waals surface area contributed by atoms with Crippen molar-refractivity contribution >= 4 is 12.1 Å². The molecule has 2 aliphatic rings. The molecule has 1 spiro atoms. The Labute approximate surface area is 152 Å². The number of carboxylic acid groups (broad SMARTS) is 1. The zero-order valence-corrected chi connectivity index (χ0v) is 14.9. The molecule has 5 nitrogen and oxygen atoms in total. The van der Waals surface area contributed by atoms with Gasteiger partial charge in [0.15, 0.2) is 6.04 Å². The summed E-state index contributed by atoms with van der Waals surface area (Å²) in [6.45, 7) is 2.29. The van der Waals surface area contributed by atoms with Crippen molar-refractivity contribution < 1.29 is 28.3 Å². The average molecular weight is 361 g/mol. The van der Waals surface area contributed by atoms with Crippen LogP contribution in [0.3, 0.4) is 0 Å². The zero-order chi connectivity index (χ0) is 18.8. The Bertz CT molecular complexity index is 720. The molecule has 3 atom stereocenters. The van der Waals surface area contributed by atoms with Crippen molar-refractivity contribution in [2.24, 2.45) is 5.41 Å². The van der Waals surface area contributed by atoms with Gasteiger partial charge in [-0.05, 0) is 26.2 Å². The molecule has 1 aromatic rings. The lowest BCUT2D eigenvalue weighted by molar-refractivity contribution is -0.895. The number of carbonyl (C=O) groups excluding carboxylic acids is 2. The highest BCUT2D eigenvalue weighted by atomic mass is 19.1. The predicted molar refractivity (Wildman–Crippen MR) is 91.2 cm³/mol. The summed E-state index contributed by atoms with van der Waals surface area (Å²) in [7, 11) is 0. The van der Waals surface area contributed by atoms with E-state index in [0.717, 1.165) is 5.56 Å². The summed E-state index contributed by atoms with van der Waals surface area (Å²) in [6.07, 6.45) is 1.89. The molecule has 1 amide bonds. The minimum absolute atomic E-state index is 0.153. The molecule has 1 heterocycles. The fourth-order valence-electron chi connectivity index (χ4n) is 4.46. The third-order valence-corrected chi connectivity index (χ3v) is 5.72. The van der Waals surface area contributed by atoms with E-state index in [1.54, 1.807) is 6.92 Å². The summed E-state index contributed by atoms with van der Waals surface area (Å²) >= 11 is 0. The van der Waals surface area contributed by atoms with Gasteiger partial charge in [-0.2, -0.15) is 0 Å². The van der Waals surface area contributed by atoms with Crippen molar-refractivity contribution in [2.75, 3.05) is 13.2 Å². The summed E-state index contributed by atoms with van der Waals surface area (Å²) in [5, 5.41) is 12.3. The summed E-state index contributed by atoms with van der Waals surface area (Å²) < 4.78 is 18.2. The first-order valence-electron chi connectivity index (χ1n) is 9.04. The van der Waals surface area contributed by atoms with Crippen LogP contribution in [-0.4, -0.2) is 35.7 Å². The van der Waals surface area contributed by atoms with Gasteiger partial charge in [-0.1, -0.05) is 36.4 Å². The van der Waals surface area contributed by atoms with Crippen LogP contribution in [0.15, 0.2) is 42.2 Å². The van der Waals surface area contributed by atoms with Crippen LogP contribution in [0.5, 0.6) is 0 Å². The van der Waals surface area contributed by atoms with Crippen LogP contribution in [0.1, 0.15) is 38.2 Å². The van der Waals surface area contributed by atoms with Gasteiger partial charge in [0.1, 0.15) is 6.54 Å². The van der Waals surface area contributed by atoms with Gasteiger partial charge in [0, 0.05) is 17.4 Å². The lowest BCUT2D eigenvalue weighted by Gasteiger charge is -2.39. The number of nitrogens with zero attached hydrogens (tertiary/aromatic N) is 1. The molecule has 6 heteroatoms. The second kappa shape index (κ2) is 7.19. The smallest absolute Gasteiger partial charge is 0.365 e. The van der Waals surface area contributed by atoms with Crippen LogP contribution in [0.25, 0.3) is 0 Å². The van der Waals surface area contributed by atoms with E-state index in [1.165, 1.54) is 6.08 Å². The Morgan fingerprint density at radius 2 is 2.08 bits per heavy atom. The van der Waals surface area contributed by atoms with E-state index in [4.69, 9.17) is 4.74 Å². The maximum absolute atomic E-state index is 13.5. The quantitative estimate of drug-likeness (QED) is 0.611. The largest absolute Gasteiger partial charge is 0.498 e. The molecule has 0 aromatic heterocycles. The van der Waals surface area contributed by atoms with Crippen LogP contribution in [-0.2, 0) is 16.1 Å². The van der Waals surface area contributed by atoms with E-state index in [0.29, 0.717) is 19.3 Å². The minimum Gasteiger partial charge on any atom is -0.498 e. The van der Waals surface area contributed by atoms with Gasteiger partial charge >= 0.3 is 5.97 Å². The molecule has 1 fully saturated rings. The maximum atomic E-state index is 13.5. The highest BCUT2D eigenvalue weighted by molar-refractivity contribution is 5.77. The number of carbonyl (C=O) groups is 2.